The summed E-state index contributed by atoms with van der Waals surface area (Å²) in [5.41, 5.74) is 0.570. The predicted molar refractivity (Wildman–Crippen MR) is 54.7 cm³/mol. The molecular formula is C9H11BO3S. The number of rotatable bonds is 4. The Bertz CT molecular complexity index is 400. The zero-order valence-corrected chi connectivity index (χ0v) is 8.75. The third-order valence-electron chi connectivity index (χ3n) is 1.73. The van der Waals surface area contributed by atoms with Crippen molar-refractivity contribution in [3.8, 4) is 0 Å². The molecule has 14 heavy (non-hydrogen) atoms. The molecule has 74 valence electrons. The van der Waals surface area contributed by atoms with Gasteiger partial charge in [0.1, 0.15) is 0 Å². The molecule has 0 bridgehead atoms. The van der Waals surface area contributed by atoms with Crippen molar-refractivity contribution in [1.29, 1.82) is 0 Å². The molecule has 0 aliphatic heterocycles. The lowest BCUT2D eigenvalue weighted by Crippen LogP contribution is -2.08. The van der Waals surface area contributed by atoms with Gasteiger partial charge in [-0.05, 0) is 18.6 Å². The summed E-state index contributed by atoms with van der Waals surface area (Å²) in [4.78, 5) is 0.157. The van der Waals surface area contributed by atoms with Crippen LogP contribution in [0.4, 0.5) is 0 Å². The highest BCUT2D eigenvalue weighted by atomic mass is 32.2. The fraction of sp³-hybridized carbons (Fsp3) is 0.333. The van der Waals surface area contributed by atoms with Crippen molar-refractivity contribution in [2.45, 2.75) is 18.1 Å². The molecule has 0 atom stereocenters. The van der Waals surface area contributed by atoms with Crippen molar-refractivity contribution in [3.63, 3.8) is 0 Å². The Kier molecular flexibility index (Phi) is 3.72. The third kappa shape index (κ3) is 2.36. The minimum absolute atomic E-state index is 0.126. The first-order valence-corrected chi connectivity index (χ1v) is 5.70. The Hall–Kier alpha value is -0.805. The Morgan fingerprint density at radius 2 is 2.00 bits per heavy atom. The maximum absolute atomic E-state index is 11.5. The van der Waals surface area contributed by atoms with Crippen LogP contribution in [0.3, 0.4) is 0 Å². The lowest BCUT2D eigenvalue weighted by molar-refractivity contribution is 0.338. The molecule has 0 unspecified atom stereocenters. The van der Waals surface area contributed by atoms with Crippen molar-refractivity contribution in [2.75, 3.05) is 6.61 Å². The molecule has 1 aromatic rings. The Balaban J connectivity index is 3.18. The Morgan fingerprint density at radius 3 is 2.57 bits per heavy atom. The first kappa shape index (κ1) is 11.3. The zero-order valence-electron chi connectivity index (χ0n) is 7.93. The van der Waals surface area contributed by atoms with E-state index in [1.807, 2.05) is 0 Å². The first-order valence-electron chi connectivity index (χ1n) is 4.29. The highest BCUT2D eigenvalue weighted by molar-refractivity contribution is 7.86. The monoisotopic (exact) mass is 210 g/mol. The topological polar surface area (TPSA) is 43.4 Å². The summed E-state index contributed by atoms with van der Waals surface area (Å²) in [6, 6.07) is 6.55. The maximum Gasteiger partial charge on any atom is 0.297 e. The molecule has 0 aromatic heterocycles. The fourth-order valence-corrected chi connectivity index (χ4v) is 2.29. The molecule has 1 rings (SSSR count). The number of hydrogen-bond donors (Lipinski definition) is 0. The second-order valence-electron chi connectivity index (χ2n) is 2.67. The van der Waals surface area contributed by atoms with Gasteiger partial charge in [0.15, 0.2) is 0 Å². The molecule has 3 nitrogen and oxygen atoms in total. The van der Waals surface area contributed by atoms with Crippen molar-refractivity contribution >= 4 is 18.0 Å². The van der Waals surface area contributed by atoms with Crippen LogP contribution in [0.2, 0.25) is 0 Å². The van der Waals surface area contributed by atoms with E-state index in [0.717, 1.165) is 0 Å². The molecule has 1 aromatic carbocycles. The summed E-state index contributed by atoms with van der Waals surface area (Å²) in [6.07, 6.45) is 0.183. The highest BCUT2D eigenvalue weighted by Gasteiger charge is 2.16. The molecule has 0 aliphatic rings. The van der Waals surface area contributed by atoms with Crippen LogP contribution in [0, 0.1) is 0 Å². The minimum atomic E-state index is -3.63. The van der Waals surface area contributed by atoms with Gasteiger partial charge in [-0.25, -0.2) is 0 Å². The van der Waals surface area contributed by atoms with Crippen LogP contribution in [0.25, 0.3) is 0 Å². The van der Waals surface area contributed by atoms with Crippen LogP contribution in [0.15, 0.2) is 29.2 Å². The van der Waals surface area contributed by atoms with Crippen molar-refractivity contribution < 1.29 is 12.6 Å². The second kappa shape index (κ2) is 4.62. The molecule has 0 fully saturated rings. The van der Waals surface area contributed by atoms with Gasteiger partial charge in [-0.2, -0.15) is 8.42 Å². The van der Waals surface area contributed by atoms with E-state index in [9.17, 15) is 8.42 Å². The Morgan fingerprint density at radius 1 is 1.36 bits per heavy atom. The number of benzene rings is 1. The molecular weight excluding hydrogens is 199 g/mol. The van der Waals surface area contributed by atoms with Gasteiger partial charge in [-0.1, -0.05) is 24.5 Å². The van der Waals surface area contributed by atoms with Gasteiger partial charge in [0.2, 0.25) is 0 Å². The normalized spacial score (nSPS) is 11.5. The minimum Gasteiger partial charge on any atom is -0.267 e. The smallest absolute Gasteiger partial charge is 0.267 e. The van der Waals surface area contributed by atoms with E-state index in [-0.39, 0.29) is 17.8 Å². The Labute approximate surface area is 85.6 Å². The molecule has 0 spiro atoms. The standard InChI is InChI=1S/C9H11BO3S/c1-2-13-14(11,12)9-6-4-3-5-8(9)7-10/h3-6H,2,7H2,1H3. The molecule has 5 heteroatoms. The molecule has 0 aliphatic carbocycles. The van der Waals surface area contributed by atoms with Gasteiger partial charge in [-0.15, -0.1) is 0 Å². The summed E-state index contributed by atoms with van der Waals surface area (Å²) >= 11 is 0. The van der Waals surface area contributed by atoms with Crippen LogP contribution in [0.5, 0.6) is 0 Å². The van der Waals surface area contributed by atoms with Crippen molar-refractivity contribution in [3.05, 3.63) is 29.8 Å². The third-order valence-corrected chi connectivity index (χ3v) is 3.22. The van der Waals surface area contributed by atoms with E-state index in [0.29, 0.717) is 5.56 Å². The van der Waals surface area contributed by atoms with Gasteiger partial charge in [0, 0.05) is 0 Å². The summed E-state index contributed by atoms with van der Waals surface area (Å²) in [5, 5.41) is 0. The van der Waals surface area contributed by atoms with Gasteiger partial charge in [-0.3, -0.25) is 4.18 Å². The summed E-state index contributed by atoms with van der Waals surface area (Å²) in [6.45, 7) is 1.75. The lowest BCUT2D eigenvalue weighted by Gasteiger charge is -2.07. The van der Waals surface area contributed by atoms with Crippen LogP contribution >= 0.6 is 0 Å². The number of hydrogen-bond acceptors (Lipinski definition) is 3. The average Bonchev–Trinajstić information content (AvgIpc) is 2.18. The van der Waals surface area contributed by atoms with Crippen molar-refractivity contribution in [2.24, 2.45) is 0 Å². The van der Waals surface area contributed by atoms with Crippen LogP contribution in [0.1, 0.15) is 12.5 Å². The quantitative estimate of drug-likeness (QED) is 0.551. The van der Waals surface area contributed by atoms with Crippen molar-refractivity contribution in [1.82, 2.24) is 0 Å². The molecule has 2 radical (unpaired) electrons. The SMILES string of the molecule is [B]Cc1ccccc1S(=O)(=O)OCC. The zero-order chi connectivity index (χ0) is 10.6. The highest BCUT2D eigenvalue weighted by Crippen LogP contribution is 2.17. The van der Waals surface area contributed by atoms with Crippen LogP contribution in [-0.2, 0) is 20.6 Å². The first-order chi connectivity index (χ1) is 6.61. The second-order valence-corrected chi connectivity index (χ2v) is 4.26. The van der Waals surface area contributed by atoms with E-state index in [1.54, 1.807) is 25.1 Å². The maximum atomic E-state index is 11.5. The van der Waals surface area contributed by atoms with E-state index in [4.69, 9.17) is 7.85 Å². The van der Waals surface area contributed by atoms with E-state index >= 15 is 0 Å². The van der Waals surface area contributed by atoms with Gasteiger partial charge >= 0.3 is 0 Å². The lowest BCUT2D eigenvalue weighted by atomic mass is 9.97. The fourth-order valence-electron chi connectivity index (χ4n) is 1.13. The molecule has 0 saturated heterocycles. The molecule has 0 N–H and O–H groups in total. The summed E-state index contributed by atoms with van der Waals surface area (Å²) in [7, 11) is 1.79. The molecule has 0 heterocycles. The van der Waals surface area contributed by atoms with E-state index < -0.39 is 10.1 Å². The molecule has 0 amide bonds. The summed E-state index contributed by atoms with van der Waals surface area (Å²) in [5.74, 6) is 0. The average molecular weight is 210 g/mol. The summed E-state index contributed by atoms with van der Waals surface area (Å²) < 4.78 is 27.7. The van der Waals surface area contributed by atoms with Gasteiger partial charge in [0.05, 0.1) is 19.3 Å². The largest absolute Gasteiger partial charge is 0.297 e. The molecule has 0 saturated carbocycles. The van der Waals surface area contributed by atoms with Crippen LogP contribution < -0.4 is 0 Å². The van der Waals surface area contributed by atoms with E-state index in [2.05, 4.69) is 4.18 Å². The van der Waals surface area contributed by atoms with Crippen LogP contribution in [-0.4, -0.2) is 22.9 Å². The van der Waals surface area contributed by atoms with E-state index in [1.165, 1.54) is 6.07 Å². The van der Waals surface area contributed by atoms with Gasteiger partial charge < -0.3 is 0 Å². The predicted octanol–water partition coefficient (Wildman–Crippen LogP) is 1.08. The van der Waals surface area contributed by atoms with Gasteiger partial charge in [0.25, 0.3) is 10.1 Å².